The molecule has 1 aliphatic heterocycles. The topological polar surface area (TPSA) is 62.6 Å². The van der Waals surface area contributed by atoms with Crippen LogP contribution in [0.1, 0.15) is 32.9 Å². The lowest BCUT2D eigenvalue weighted by Crippen LogP contribution is -2.52. The number of aromatic nitrogens is 1. The molecule has 142 valence electrons. The lowest BCUT2D eigenvalue weighted by molar-refractivity contribution is -0.135. The molecule has 1 aliphatic rings. The third kappa shape index (κ3) is 4.10. The Labute approximate surface area is 159 Å². The van der Waals surface area contributed by atoms with Gasteiger partial charge in [-0.05, 0) is 26.3 Å². The predicted molar refractivity (Wildman–Crippen MR) is 104 cm³/mol. The first-order valence-electron chi connectivity index (χ1n) is 9.06. The summed E-state index contributed by atoms with van der Waals surface area (Å²) in [5, 5.41) is 0. The molecule has 1 aromatic carbocycles. The summed E-state index contributed by atoms with van der Waals surface area (Å²) in [6.45, 7) is 7.39. The van der Waals surface area contributed by atoms with Crippen LogP contribution in [0, 0.1) is 20.8 Å². The van der Waals surface area contributed by atoms with Gasteiger partial charge in [-0.1, -0.05) is 29.3 Å². The van der Waals surface area contributed by atoms with Crippen LogP contribution in [0.3, 0.4) is 0 Å². The largest absolute Gasteiger partial charge is 0.344 e. The van der Waals surface area contributed by atoms with E-state index in [2.05, 4.69) is 18.2 Å². The lowest BCUT2D eigenvalue weighted by atomic mass is 10.1. The highest BCUT2D eigenvalue weighted by Gasteiger charge is 2.29. The average molecular weight is 367 g/mol. The first-order chi connectivity index (χ1) is 12.7. The lowest BCUT2D eigenvalue weighted by Gasteiger charge is -2.34. The summed E-state index contributed by atoms with van der Waals surface area (Å²) in [5.41, 5.74) is 4.27. The third-order valence-corrected chi connectivity index (χ3v) is 5.00. The number of benzene rings is 1. The molecule has 6 heteroatoms. The standard InChI is InChI=1S/C21H25N3O3/c1-14-7-15(2)9-17(8-14)12-23-5-6-24(13-20(23)26)21(27)19-11-18(25)10-16(3)22(19)4/h7-11H,5-6,12-13H2,1-4H3. The van der Waals surface area contributed by atoms with Crippen molar-refractivity contribution >= 4 is 11.8 Å². The van der Waals surface area contributed by atoms with E-state index in [1.54, 1.807) is 23.4 Å². The van der Waals surface area contributed by atoms with Crippen molar-refractivity contribution in [2.75, 3.05) is 19.6 Å². The van der Waals surface area contributed by atoms with Crippen molar-refractivity contribution in [3.8, 4) is 0 Å². The molecule has 2 heterocycles. The van der Waals surface area contributed by atoms with Crippen LogP contribution in [0.15, 0.2) is 35.1 Å². The van der Waals surface area contributed by atoms with E-state index in [1.807, 2.05) is 13.8 Å². The zero-order chi connectivity index (χ0) is 19.7. The van der Waals surface area contributed by atoms with Crippen molar-refractivity contribution in [3.05, 3.63) is 68.6 Å². The van der Waals surface area contributed by atoms with Crippen LogP contribution >= 0.6 is 0 Å². The van der Waals surface area contributed by atoms with E-state index in [4.69, 9.17) is 0 Å². The molecule has 1 saturated heterocycles. The number of carbonyl (C=O) groups is 2. The summed E-state index contributed by atoms with van der Waals surface area (Å²) in [6.07, 6.45) is 0. The maximum atomic E-state index is 12.8. The second-order valence-electron chi connectivity index (χ2n) is 7.31. The second kappa shape index (κ2) is 7.39. The molecule has 0 aliphatic carbocycles. The van der Waals surface area contributed by atoms with Crippen LogP contribution in [-0.4, -0.2) is 45.8 Å². The van der Waals surface area contributed by atoms with Crippen molar-refractivity contribution in [2.45, 2.75) is 27.3 Å². The molecule has 2 aromatic rings. The van der Waals surface area contributed by atoms with Crippen molar-refractivity contribution in [2.24, 2.45) is 7.05 Å². The summed E-state index contributed by atoms with van der Waals surface area (Å²) in [4.78, 5) is 40.5. The monoisotopic (exact) mass is 367 g/mol. The summed E-state index contributed by atoms with van der Waals surface area (Å²) < 4.78 is 1.69. The van der Waals surface area contributed by atoms with Crippen LogP contribution in [0.25, 0.3) is 0 Å². The van der Waals surface area contributed by atoms with E-state index < -0.39 is 0 Å². The fraction of sp³-hybridized carbons (Fsp3) is 0.381. The van der Waals surface area contributed by atoms with Gasteiger partial charge < -0.3 is 14.4 Å². The smallest absolute Gasteiger partial charge is 0.271 e. The third-order valence-electron chi connectivity index (χ3n) is 5.00. The number of carbonyl (C=O) groups excluding carboxylic acids is 2. The van der Waals surface area contributed by atoms with Crippen LogP contribution in [0.2, 0.25) is 0 Å². The normalized spacial score (nSPS) is 14.6. The number of nitrogens with zero attached hydrogens (tertiary/aromatic N) is 3. The number of hydrogen-bond acceptors (Lipinski definition) is 3. The molecule has 0 spiro atoms. The number of rotatable bonds is 3. The zero-order valence-corrected chi connectivity index (χ0v) is 16.3. The Morgan fingerprint density at radius 3 is 2.26 bits per heavy atom. The minimum Gasteiger partial charge on any atom is -0.344 e. The molecule has 0 radical (unpaired) electrons. The number of hydrogen-bond donors (Lipinski definition) is 0. The minimum atomic E-state index is -0.280. The molecule has 0 saturated carbocycles. The van der Waals surface area contributed by atoms with Crippen LogP contribution in [-0.2, 0) is 18.4 Å². The minimum absolute atomic E-state index is 0.0335. The molecule has 3 rings (SSSR count). The number of piperazine rings is 1. The van der Waals surface area contributed by atoms with Crippen molar-refractivity contribution in [1.29, 1.82) is 0 Å². The highest BCUT2D eigenvalue weighted by atomic mass is 16.2. The fourth-order valence-corrected chi connectivity index (χ4v) is 3.56. The number of aryl methyl sites for hydroxylation is 3. The molecular weight excluding hydrogens is 342 g/mol. The molecular formula is C21H25N3O3. The summed E-state index contributed by atoms with van der Waals surface area (Å²) in [7, 11) is 1.75. The quantitative estimate of drug-likeness (QED) is 0.831. The Morgan fingerprint density at radius 1 is 0.963 bits per heavy atom. The Hall–Kier alpha value is -2.89. The van der Waals surface area contributed by atoms with Crippen molar-refractivity contribution in [1.82, 2.24) is 14.4 Å². The van der Waals surface area contributed by atoms with Gasteiger partial charge in [0.2, 0.25) is 5.91 Å². The van der Waals surface area contributed by atoms with Gasteiger partial charge in [-0.2, -0.15) is 0 Å². The summed E-state index contributed by atoms with van der Waals surface area (Å²) in [6, 6.07) is 9.10. The van der Waals surface area contributed by atoms with E-state index in [1.165, 1.54) is 28.2 Å². The van der Waals surface area contributed by atoms with E-state index in [0.717, 1.165) is 5.56 Å². The highest BCUT2D eigenvalue weighted by molar-refractivity contribution is 5.95. The fourth-order valence-electron chi connectivity index (χ4n) is 3.56. The Kier molecular flexibility index (Phi) is 5.17. The van der Waals surface area contributed by atoms with Crippen molar-refractivity contribution in [3.63, 3.8) is 0 Å². The van der Waals surface area contributed by atoms with Crippen LogP contribution in [0.4, 0.5) is 0 Å². The average Bonchev–Trinajstić information content (AvgIpc) is 2.58. The van der Waals surface area contributed by atoms with E-state index in [0.29, 0.717) is 31.0 Å². The Balaban J connectivity index is 1.72. The molecule has 0 unspecified atom stereocenters. The molecule has 1 aromatic heterocycles. The Bertz CT molecular complexity index is 941. The van der Waals surface area contributed by atoms with Gasteiger partial charge in [-0.3, -0.25) is 14.4 Å². The van der Waals surface area contributed by atoms with Gasteiger partial charge in [-0.15, -0.1) is 0 Å². The van der Waals surface area contributed by atoms with Crippen LogP contribution in [0.5, 0.6) is 0 Å². The molecule has 1 fully saturated rings. The van der Waals surface area contributed by atoms with Gasteiger partial charge in [0.15, 0.2) is 5.43 Å². The molecule has 0 bridgehead atoms. The summed E-state index contributed by atoms with van der Waals surface area (Å²) >= 11 is 0. The van der Waals surface area contributed by atoms with E-state index in [9.17, 15) is 14.4 Å². The first-order valence-corrected chi connectivity index (χ1v) is 9.06. The van der Waals surface area contributed by atoms with E-state index in [-0.39, 0.29) is 23.8 Å². The number of pyridine rings is 1. The van der Waals surface area contributed by atoms with Crippen molar-refractivity contribution < 1.29 is 9.59 Å². The first kappa shape index (κ1) is 18.9. The number of amides is 2. The van der Waals surface area contributed by atoms with Gasteiger partial charge >= 0.3 is 0 Å². The van der Waals surface area contributed by atoms with Gasteiger partial charge in [0, 0.05) is 44.5 Å². The van der Waals surface area contributed by atoms with E-state index >= 15 is 0 Å². The van der Waals surface area contributed by atoms with Gasteiger partial charge in [0.1, 0.15) is 12.2 Å². The second-order valence-corrected chi connectivity index (χ2v) is 7.31. The van der Waals surface area contributed by atoms with Gasteiger partial charge in [0.05, 0.1) is 0 Å². The predicted octanol–water partition coefficient (Wildman–Crippen LogP) is 1.80. The highest BCUT2D eigenvalue weighted by Crippen LogP contribution is 2.15. The van der Waals surface area contributed by atoms with Gasteiger partial charge in [0.25, 0.3) is 5.91 Å². The maximum Gasteiger partial charge on any atom is 0.271 e. The zero-order valence-electron chi connectivity index (χ0n) is 16.3. The summed E-state index contributed by atoms with van der Waals surface area (Å²) in [5.74, 6) is -0.357. The van der Waals surface area contributed by atoms with Gasteiger partial charge in [-0.25, -0.2) is 0 Å². The molecule has 2 amide bonds. The molecule has 0 N–H and O–H groups in total. The molecule has 6 nitrogen and oxygen atoms in total. The van der Waals surface area contributed by atoms with Crippen LogP contribution < -0.4 is 5.43 Å². The Morgan fingerprint density at radius 2 is 1.63 bits per heavy atom. The molecule has 0 atom stereocenters. The maximum absolute atomic E-state index is 12.8. The SMILES string of the molecule is Cc1cc(C)cc(CN2CCN(C(=O)c3cc(=O)cc(C)n3C)CC2=O)c1. The molecule has 27 heavy (non-hydrogen) atoms.